The van der Waals surface area contributed by atoms with Crippen molar-refractivity contribution in [2.75, 3.05) is 0 Å². The van der Waals surface area contributed by atoms with Crippen LogP contribution in [0.5, 0.6) is 0 Å². The number of fused-ring (bicyclic) bond motifs is 5. The first-order chi connectivity index (χ1) is 11.4. The van der Waals surface area contributed by atoms with Gasteiger partial charge >= 0.3 is 0 Å². The fourth-order valence-electron chi connectivity index (χ4n) is 3.89. The highest BCUT2D eigenvalue weighted by molar-refractivity contribution is 7.85. The van der Waals surface area contributed by atoms with Gasteiger partial charge in [0.2, 0.25) is 0 Å². The average molecular weight is 345 g/mol. The Morgan fingerprint density at radius 2 is 2.00 bits per heavy atom. The van der Waals surface area contributed by atoms with Crippen molar-refractivity contribution < 1.29 is 13.0 Å². The molecule has 0 spiro atoms. The van der Waals surface area contributed by atoms with Crippen LogP contribution in [0.25, 0.3) is 22.3 Å². The van der Waals surface area contributed by atoms with E-state index in [-0.39, 0.29) is 0 Å². The molecule has 0 fully saturated rings. The Kier molecular flexibility index (Phi) is 3.33. The molecule has 24 heavy (non-hydrogen) atoms. The minimum absolute atomic E-state index is 0.424. The molecule has 0 amide bonds. The van der Waals surface area contributed by atoms with Crippen LogP contribution in [0.15, 0.2) is 24.3 Å². The van der Waals surface area contributed by atoms with Gasteiger partial charge in [0, 0.05) is 24.0 Å². The van der Waals surface area contributed by atoms with Crippen LogP contribution in [-0.2, 0) is 35.4 Å². The molecule has 2 aromatic heterocycles. The summed E-state index contributed by atoms with van der Waals surface area (Å²) in [7, 11) is -4.13. The Labute approximate surface area is 140 Å². The molecule has 3 aromatic rings. The van der Waals surface area contributed by atoms with E-state index in [4.69, 9.17) is 0 Å². The molecule has 0 aliphatic carbocycles. The van der Waals surface area contributed by atoms with Crippen molar-refractivity contribution in [3.63, 3.8) is 0 Å². The molecular weight excluding hydrogens is 326 g/mol. The van der Waals surface area contributed by atoms with E-state index in [2.05, 4.69) is 33.2 Å². The zero-order valence-electron chi connectivity index (χ0n) is 13.7. The number of aryl methyl sites for hydroxylation is 3. The van der Waals surface area contributed by atoms with Crippen molar-refractivity contribution in [3.05, 3.63) is 41.3 Å². The topological polar surface area (TPSA) is 77.1 Å². The first-order valence-electron chi connectivity index (χ1n) is 8.02. The highest BCUT2D eigenvalue weighted by atomic mass is 32.2. The van der Waals surface area contributed by atoms with Crippen LogP contribution in [0, 0.1) is 6.92 Å². The summed E-state index contributed by atoms with van der Waals surface area (Å²) < 4.78 is 36.5. The number of imidazole rings is 1. The molecule has 0 atom stereocenters. The first-order valence-corrected chi connectivity index (χ1v) is 9.63. The lowest BCUT2D eigenvalue weighted by molar-refractivity contribution is 0.481. The van der Waals surface area contributed by atoms with E-state index >= 15 is 0 Å². The van der Waals surface area contributed by atoms with Gasteiger partial charge in [-0.15, -0.1) is 0 Å². The van der Waals surface area contributed by atoms with Crippen molar-refractivity contribution in [2.24, 2.45) is 0 Å². The van der Waals surface area contributed by atoms with Gasteiger partial charge in [-0.05, 0) is 31.9 Å². The summed E-state index contributed by atoms with van der Waals surface area (Å²) in [6.45, 7) is 5.51. The third-order valence-electron chi connectivity index (χ3n) is 4.75. The minimum Gasteiger partial charge on any atom is -0.339 e. The largest absolute Gasteiger partial charge is 0.339 e. The van der Waals surface area contributed by atoms with Gasteiger partial charge in [-0.3, -0.25) is 4.55 Å². The number of hydrogen-bond acceptors (Lipinski definition) is 3. The monoisotopic (exact) mass is 345 g/mol. The molecule has 0 unspecified atom stereocenters. The lowest BCUT2D eigenvalue weighted by Crippen LogP contribution is -2.15. The summed E-state index contributed by atoms with van der Waals surface area (Å²) in [5, 5.41) is 1.21. The summed E-state index contributed by atoms with van der Waals surface area (Å²) in [6.07, 6.45) is 0.887. The highest BCUT2D eigenvalue weighted by Crippen LogP contribution is 2.40. The Morgan fingerprint density at radius 1 is 1.25 bits per heavy atom. The van der Waals surface area contributed by atoms with Crippen LogP contribution in [0.3, 0.4) is 0 Å². The Morgan fingerprint density at radius 3 is 2.71 bits per heavy atom. The van der Waals surface area contributed by atoms with Crippen molar-refractivity contribution >= 4 is 21.0 Å². The molecule has 4 rings (SSSR count). The van der Waals surface area contributed by atoms with Crippen molar-refractivity contribution in [3.8, 4) is 11.4 Å². The molecular formula is C17H19N3O3S. The number of aromatic nitrogens is 3. The Balaban J connectivity index is 2.08. The second-order valence-electron chi connectivity index (χ2n) is 6.17. The molecule has 0 saturated heterocycles. The van der Waals surface area contributed by atoms with E-state index in [0.29, 0.717) is 5.69 Å². The fourth-order valence-corrected chi connectivity index (χ4v) is 4.44. The van der Waals surface area contributed by atoms with Gasteiger partial charge in [0.1, 0.15) is 11.6 Å². The van der Waals surface area contributed by atoms with Gasteiger partial charge < -0.3 is 9.13 Å². The quantitative estimate of drug-likeness (QED) is 0.741. The van der Waals surface area contributed by atoms with Gasteiger partial charge in [0.05, 0.1) is 17.1 Å². The maximum absolute atomic E-state index is 11.4. The van der Waals surface area contributed by atoms with E-state index < -0.39 is 15.9 Å². The van der Waals surface area contributed by atoms with Crippen LogP contribution in [0.4, 0.5) is 0 Å². The van der Waals surface area contributed by atoms with E-state index in [1.54, 1.807) is 0 Å². The predicted octanol–water partition coefficient (Wildman–Crippen LogP) is 2.78. The van der Waals surface area contributed by atoms with E-state index in [1.807, 2.05) is 19.1 Å². The number of benzene rings is 1. The summed E-state index contributed by atoms with van der Waals surface area (Å²) in [5.41, 5.74) is 4.66. The lowest BCUT2D eigenvalue weighted by atomic mass is 10.0. The SMILES string of the molecule is CCn1c2c(c3ccccc31)CCn1c(C)nc(CS(=O)(=O)O)c1-2. The molecule has 0 saturated carbocycles. The zero-order chi connectivity index (χ0) is 17.1. The maximum atomic E-state index is 11.4. The van der Waals surface area contributed by atoms with E-state index in [0.717, 1.165) is 42.2 Å². The fraction of sp³-hybridized carbons (Fsp3) is 0.353. The van der Waals surface area contributed by atoms with Crippen molar-refractivity contribution in [1.82, 2.24) is 14.1 Å². The van der Waals surface area contributed by atoms with Crippen LogP contribution in [0.1, 0.15) is 24.0 Å². The zero-order valence-corrected chi connectivity index (χ0v) is 14.5. The standard InChI is InChI=1S/C17H19N3O3S/c1-3-19-15-7-5-4-6-12(15)13-8-9-20-11(2)18-14(10-24(21,22)23)17(20)16(13)19/h4-7H,3,8-10H2,1-2H3,(H,21,22,23). The van der Waals surface area contributed by atoms with Crippen LogP contribution in [0.2, 0.25) is 0 Å². The summed E-state index contributed by atoms with van der Waals surface area (Å²) in [4.78, 5) is 4.43. The van der Waals surface area contributed by atoms with Crippen LogP contribution < -0.4 is 0 Å². The minimum atomic E-state index is -4.13. The molecule has 6 nitrogen and oxygen atoms in total. The molecule has 1 aromatic carbocycles. The molecule has 1 aliphatic rings. The molecule has 1 N–H and O–H groups in total. The lowest BCUT2D eigenvalue weighted by Gasteiger charge is -2.20. The summed E-state index contributed by atoms with van der Waals surface area (Å²) in [6, 6.07) is 8.25. The van der Waals surface area contributed by atoms with Gasteiger partial charge in [-0.1, -0.05) is 18.2 Å². The molecule has 1 aliphatic heterocycles. The third-order valence-corrected chi connectivity index (χ3v) is 5.39. The second-order valence-corrected chi connectivity index (χ2v) is 7.62. The third kappa shape index (κ3) is 2.19. The average Bonchev–Trinajstić information content (AvgIpc) is 3.01. The van der Waals surface area contributed by atoms with Crippen molar-refractivity contribution in [1.29, 1.82) is 0 Å². The molecule has 0 radical (unpaired) electrons. The van der Waals surface area contributed by atoms with Gasteiger partial charge in [-0.25, -0.2) is 4.98 Å². The van der Waals surface area contributed by atoms with E-state index in [1.165, 1.54) is 10.9 Å². The first kappa shape index (κ1) is 15.4. The number of rotatable bonds is 3. The molecule has 126 valence electrons. The van der Waals surface area contributed by atoms with Crippen molar-refractivity contribution in [2.45, 2.75) is 39.1 Å². The van der Waals surface area contributed by atoms with Gasteiger partial charge in [0.25, 0.3) is 10.1 Å². The van der Waals surface area contributed by atoms with Gasteiger partial charge in [-0.2, -0.15) is 8.42 Å². The summed E-state index contributed by atoms with van der Waals surface area (Å²) >= 11 is 0. The highest BCUT2D eigenvalue weighted by Gasteiger charge is 2.30. The molecule has 0 bridgehead atoms. The smallest absolute Gasteiger partial charge is 0.270 e. The summed E-state index contributed by atoms with van der Waals surface area (Å²) in [5.74, 6) is 0.322. The maximum Gasteiger partial charge on any atom is 0.270 e. The van der Waals surface area contributed by atoms with Crippen LogP contribution >= 0.6 is 0 Å². The molecule has 7 heteroatoms. The Bertz CT molecular complexity index is 1030. The predicted molar refractivity (Wildman–Crippen MR) is 92.5 cm³/mol. The molecule has 3 heterocycles. The second kappa shape index (κ2) is 5.19. The van der Waals surface area contributed by atoms with E-state index in [9.17, 15) is 13.0 Å². The Hall–Kier alpha value is -2.12. The number of hydrogen-bond donors (Lipinski definition) is 1. The number of para-hydroxylation sites is 1. The number of nitrogens with zero attached hydrogens (tertiary/aromatic N) is 3. The van der Waals surface area contributed by atoms with Crippen LogP contribution in [-0.4, -0.2) is 27.1 Å². The normalized spacial score (nSPS) is 14.0. The van der Waals surface area contributed by atoms with Gasteiger partial charge in [0.15, 0.2) is 0 Å².